The van der Waals surface area contributed by atoms with E-state index >= 15 is 0 Å². The normalized spacial score (nSPS) is 14.1. The number of H-pyrrole nitrogens is 1. The molecule has 2 N–H and O–H groups in total. The molecule has 0 atom stereocenters. The van der Waals surface area contributed by atoms with E-state index in [1.54, 1.807) is 31.3 Å². The largest absolute Gasteiger partial charge is 0.494 e. The van der Waals surface area contributed by atoms with E-state index in [0.717, 1.165) is 18.4 Å². The van der Waals surface area contributed by atoms with E-state index < -0.39 is 10.0 Å². The zero-order valence-corrected chi connectivity index (χ0v) is 23.2. The van der Waals surface area contributed by atoms with Gasteiger partial charge in [-0.1, -0.05) is 42.5 Å². The highest BCUT2D eigenvalue weighted by Crippen LogP contribution is 2.37. The molecule has 1 aliphatic rings. The minimum absolute atomic E-state index is 0.0258. The monoisotopic (exact) mass is 559 g/mol. The summed E-state index contributed by atoms with van der Waals surface area (Å²) in [6.45, 7) is 2.84. The number of aromatic nitrogens is 1. The van der Waals surface area contributed by atoms with E-state index in [1.807, 2.05) is 30.3 Å². The van der Waals surface area contributed by atoms with Crippen LogP contribution in [0.4, 0.5) is 5.69 Å². The van der Waals surface area contributed by atoms with Crippen molar-refractivity contribution in [2.45, 2.75) is 44.2 Å². The van der Waals surface area contributed by atoms with Crippen molar-refractivity contribution in [1.82, 2.24) is 9.29 Å². The standard InChI is InChI=1S/C30H29N3O6S/c1-18(34)25-15-24(40(37,38)33(3)23-13-14-23)16-26-27(30(36)32-29(25)26)28(21-7-5-4-6-8-21)31-22-11-9-20(10-12-22)17-39-19(2)35/h4-12,15-16,23,32,36H,13-14,17H2,1-3H3. The van der Waals surface area contributed by atoms with E-state index in [2.05, 4.69) is 4.98 Å². The Kier molecular flexibility index (Phi) is 7.31. The Bertz CT molecular complexity index is 1740. The van der Waals surface area contributed by atoms with Crippen LogP contribution >= 0.6 is 0 Å². The van der Waals surface area contributed by atoms with Crippen molar-refractivity contribution in [3.63, 3.8) is 0 Å². The van der Waals surface area contributed by atoms with Crippen molar-refractivity contribution in [1.29, 1.82) is 0 Å². The SMILES string of the molecule is CC(=O)OCc1ccc(N=C(c2ccccc2)c2c(O)[nH]c3c(C(C)=O)cc(S(=O)(=O)N(C)C4CC4)cc23)cc1. The van der Waals surface area contributed by atoms with Crippen molar-refractivity contribution < 1.29 is 27.9 Å². The first-order chi connectivity index (χ1) is 19.1. The van der Waals surface area contributed by atoms with Gasteiger partial charge >= 0.3 is 5.97 Å². The predicted octanol–water partition coefficient (Wildman–Crippen LogP) is 5.09. The lowest BCUT2D eigenvalue weighted by atomic mass is 9.99. The van der Waals surface area contributed by atoms with Crippen LogP contribution in [0.1, 0.15) is 53.7 Å². The summed E-state index contributed by atoms with van der Waals surface area (Å²) in [6.07, 6.45) is 1.58. The van der Waals surface area contributed by atoms with Gasteiger partial charge in [0.25, 0.3) is 0 Å². The van der Waals surface area contributed by atoms with Crippen LogP contribution in [0.3, 0.4) is 0 Å². The molecule has 1 heterocycles. The first kappa shape index (κ1) is 27.3. The number of sulfonamides is 1. The fraction of sp³-hybridized carbons (Fsp3) is 0.233. The molecule has 3 aromatic carbocycles. The number of carbonyl (C=O) groups is 2. The number of nitrogens with zero attached hydrogens (tertiary/aromatic N) is 2. The maximum Gasteiger partial charge on any atom is 0.302 e. The predicted molar refractivity (Wildman–Crippen MR) is 152 cm³/mol. The second-order valence-electron chi connectivity index (χ2n) is 9.82. The molecule has 0 spiro atoms. The summed E-state index contributed by atoms with van der Waals surface area (Å²) < 4.78 is 33.4. The van der Waals surface area contributed by atoms with Crippen LogP contribution in [0.25, 0.3) is 10.9 Å². The number of Topliss-reactive ketones (excluding diaryl/α,β-unsaturated/α-hetero) is 1. The quantitative estimate of drug-likeness (QED) is 0.167. The third kappa shape index (κ3) is 5.41. The Labute approximate surface area is 232 Å². The topological polar surface area (TPSA) is 129 Å². The number of ether oxygens (including phenoxy) is 1. The summed E-state index contributed by atoms with van der Waals surface area (Å²) >= 11 is 0. The average molecular weight is 560 g/mol. The summed E-state index contributed by atoms with van der Waals surface area (Å²) in [5.41, 5.74) is 3.16. The molecule has 1 fully saturated rings. The van der Waals surface area contributed by atoms with Gasteiger partial charge in [0.05, 0.1) is 27.4 Å². The zero-order valence-electron chi connectivity index (χ0n) is 22.3. The van der Waals surface area contributed by atoms with Crippen LogP contribution in [0.2, 0.25) is 0 Å². The molecule has 0 saturated heterocycles. The van der Waals surface area contributed by atoms with Crippen LogP contribution in [0.5, 0.6) is 5.88 Å². The Balaban J connectivity index is 1.70. The third-order valence-corrected chi connectivity index (χ3v) is 8.77. The highest BCUT2D eigenvalue weighted by molar-refractivity contribution is 7.89. The van der Waals surface area contributed by atoms with Gasteiger partial charge in [-0.05, 0) is 49.6 Å². The van der Waals surface area contributed by atoms with Gasteiger partial charge in [-0.25, -0.2) is 13.4 Å². The van der Waals surface area contributed by atoms with Gasteiger partial charge in [0.15, 0.2) is 11.7 Å². The lowest BCUT2D eigenvalue weighted by Gasteiger charge is -2.17. The van der Waals surface area contributed by atoms with E-state index in [9.17, 15) is 23.1 Å². The first-order valence-corrected chi connectivity index (χ1v) is 14.2. The van der Waals surface area contributed by atoms with Crippen LogP contribution in [-0.2, 0) is 26.2 Å². The van der Waals surface area contributed by atoms with Crippen molar-refractivity contribution >= 4 is 44.1 Å². The van der Waals surface area contributed by atoms with E-state index in [-0.39, 0.29) is 46.3 Å². The van der Waals surface area contributed by atoms with Gasteiger partial charge in [-0.3, -0.25) is 9.59 Å². The number of rotatable bonds is 9. The fourth-order valence-electron chi connectivity index (χ4n) is 4.56. The lowest BCUT2D eigenvalue weighted by Crippen LogP contribution is -2.29. The Morgan fingerprint density at radius 2 is 1.73 bits per heavy atom. The summed E-state index contributed by atoms with van der Waals surface area (Å²) in [6, 6.07) is 19.1. The van der Waals surface area contributed by atoms with Gasteiger partial charge in [-0.15, -0.1) is 0 Å². The number of hydrogen-bond donors (Lipinski definition) is 2. The molecule has 1 saturated carbocycles. The lowest BCUT2D eigenvalue weighted by molar-refractivity contribution is -0.142. The molecule has 0 amide bonds. The van der Waals surface area contributed by atoms with Crippen molar-refractivity contribution in [2.24, 2.45) is 4.99 Å². The fourth-order valence-corrected chi connectivity index (χ4v) is 6.03. The molecule has 0 unspecified atom stereocenters. The van der Waals surface area contributed by atoms with Gasteiger partial charge in [0.1, 0.15) is 6.61 Å². The van der Waals surface area contributed by atoms with Crippen molar-refractivity contribution in [3.05, 3.63) is 89.0 Å². The second-order valence-corrected chi connectivity index (χ2v) is 11.8. The molecule has 0 radical (unpaired) electrons. The molecule has 0 aliphatic heterocycles. The molecule has 5 rings (SSSR count). The number of aliphatic imine (C=N–C) groups is 1. The molecule has 1 aromatic heterocycles. The Hall–Kier alpha value is -4.28. The van der Waals surface area contributed by atoms with Gasteiger partial charge in [-0.2, -0.15) is 4.31 Å². The molecule has 9 nitrogen and oxygen atoms in total. The summed E-state index contributed by atoms with van der Waals surface area (Å²) in [7, 11) is -2.34. The smallest absolute Gasteiger partial charge is 0.302 e. The first-order valence-electron chi connectivity index (χ1n) is 12.8. The number of aromatic amines is 1. The van der Waals surface area contributed by atoms with E-state index in [1.165, 1.54) is 30.3 Å². The highest BCUT2D eigenvalue weighted by atomic mass is 32.2. The Morgan fingerprint density at radius 1 is 1.05 bits per heavy atom. The number of carbonyl (C=O) groups excluding carboxylic acids is 2. The highest BCUT2D eigenvalue weighted by Gasteiger charge is 2.36. The van der Waals surface area contributed by atoms with Crippen LogP contribution in [0, 0.1) is 0 Å². The molecule has 206 valence electrons. The second kappa shape index (κ2) is 10.7. The molecule has 1 aliphatic carbocycles. The molecular formula is C30H29N3O6S. The molecular weight excluding hydrogens is 530 g/mol. The zero-order chi connectivity index (χ0) is 28.6. The summed E-state index contributed by atoms with van der Waals surface area (Å²) in [5, 5.41) is 11.5. The van der Waals surface area contributed by atoms with Gasteiger partial charge in [0.2, 0.25) is 10.0 Å². The van der Waals surface area contributed by atoms with Gasteiger partial charge < -0.3 is 14.8 Å². The number of benzene rings is 3. The Morgan fingerprint density at radius 3 is 2.33 bits per heavy atom. The maximum atomic E-state index is 13.5. The number of ketones is 1. The number of nitrogens with one attached hydrogen (secondary N) is 1. The van der Waals surface area contributed by atoms with Crippen LogP contribution in [-0.4, -0.2) is 53.4 Å². The molecule has 40 heavy (non-hydrogen) atoms. The molecule has 10 heteroatoms. The van der Waals surface area contributed by atoms with Crippen molar-refractivity contribution in [2.75, 3.05) is 7.05 Å². The number of hydrogen-bond acceptors (Lipinski definition) is 7. The minimum atomic E-state index is -3.89. The van der Waals surface area contributed by atoms with Crippen LogP contribution < -0.4 is 0 Å². The molecule has 0 bridgehead atoms. The summed E-state index contributed by atoms with van der Waals surface area (Å²) in [4.78, 5) is 31.5. The van der Waals surface area contributed by atoms with E-state index in [0.29, 0.717) is 27.9 Å². The van der Waals surface area contributed by atoms with Crippen molar-refractivity contribution in [3.8, 4) is 5.88 Å². The van der Waals surface area contributed by atoms with Crippen LogP contribution in [0.15, 0.2) is 76.6 Å². The third-order valence-electron chi connectivity index (χ3n) is 6.88. The summed E-state index contributed by atoms with van der Waals surface area (Å²) in [5.74, 6) is -0.958. The number of fused-ring (bicyclic) bond motifs is 1. The maximum absolute atomic E-state index is 13.5. The average Bonchev–Trinajstić information content (AvgIpc) is 3.73. The number of esters is 1. The minimum Gasteiger partial charge on any atom is -0.494 e. The molecule has 4 aromatic rings. The number of aromatic hydroxyl groups is 1. The van der Waals surface area contributed by atoms with E-state index in [4.69, 9.17) is 9.73 Å². The van der Waals surface area contributed by atoms with Gasteiger partial charge in [0, 0.05) is 36.5 Å².